The van der Waals surface area contributed by atoms with Gasteiger partial charge in [0.25, 0.3) is 6.33 Å². The Morgan fingerprint density at radius 3 is 2.27 bits per heavy atom. The fraction of sp³-hybridized carbons (Fsp3) is 0.109. The molecule has 11 aromatic rings. The van der Waals surface area contributed by atoms with Gasteiger partial charge in [-0.05, 0) is 63.7 Å². The van der Waals surface area contributed by atoms with Crippen LogP contribution in [0.2, 0.25) is 0 Å². The second-order valence-electron chi connectivity index (χ2n) is 16.5. The van der Waals surface area contributed by atoms with Crippen molar-refractivity contribution in [2.24, 2.45) is 0 Å². The van der Waals surface area contributed by atoms with E-state index in [2.05, 4.69) is 115 Å². The first-order chi connectivity index (χ1) is 31.0. The second kappa shape index (κ2) is 15.5. The molecular weight excluding hydrogens is 942 g/mol. The maximum atomic E-state index is 8.59. The minimum absolute atomic E-state index is 0. The second-order valence-corrected chi connectivity index (χ2v) is 16.5. The fourth-order valence-electron chi connectivity index (χ4n) is 8.60. The van der Waals surface area contributed by atoms with E-state index in [1.165, 1.54) is 0 Å². The minimum Gasteiger partial charge on any atom is -0.460 e. The summed E-state index contributed by atoms with van der Waals surface area (Å²) in [4.78, 5) is 9.67. The van der Waals surface area contributed by atoms with Gasteiger partial charge in [-0.15, -0.1) is 5.39 Å². The Labute approximate surface area is 379 Å². The van der Waals surface area contributed by atoms with Crippen molar-refractivity contribution >= 4 is 43.8 Å². The smallest absolute Gasteiger partial charge is 0.269 e. The van der Waals surface area contributed by atoms with Crippen molar-refractivity contribution in [3.05, 3.63) is 205 Å². The average Bonchev–Trinajstić information content (AvgIpc) is 4.03. The standard InChI is InChI=1S/C55H41N5O.Pt/c1-36-29-45(39-13-6-5-7-14-39)52(46(30-36)41-15-12-16-42(34-41)55(2,3)4)59-35-58(48-19-10-11-20-49(48)59)51-33-38(23-26-56-51)31-37-21-22-44-43-17-8-9-18-47(43)60(50(44)32-37)54-53-40(24-27-57-54)25-28-61-53;/h5-30,34H,31H2,1-4H3;/q-2;/i1D3;. The molecule has 0 N–H and O–H groups in total. The van der Waals surface area contributed by atoms with Crippen LogP contribution in [0.1, 0.15) is 47.1 Å². The monoisotopic (exact) mass is 985 g/mol. The zero-order valence-corrected chi connectivity index (χ0v) is 36.5. The number of imidazole rings is 1. The Kier molecular flexibility index (Phi) is 8.98. The van der Waals surface area contributed by atoms with E-state index in [1.54, 1.807) is 6.26 Å². The van der Waals surface area contributed by atoms with Gasteiger partial charge < -0.3 is 8.98 Å². The molecule has 0 bridgehead atoms. The van der Waals surface area contributed by atoms with Crippen molar-refractivity contribution in [3.8, 4) is 39.6 Å². The molecule has 0 unspecified atom stereocenters. The summed E-state index contributed by atoms with van der Waals surface area (Å²) in [6, 6.07) is 56.1. The van der Waals surface area contributed by atoms with Crippen molar-refractivity contribution < 1.29 is 34.2 Å². The Bertz CT molecular complexity index is 3580. The number of nitrogens with zero attached hydrogens (tertiary/aromatic N) is 5. The van der Waals surface area contributed by atoms with E-state index < -0.39 is 6.85 Å². The topological polar surface area (TPSA) is 52.7 Å². The molecule has 6 nitrogen and oxygen atoms in total. The molecule has 0 aliphatic carbocycles. The van der Waals surface area contributed by atoms with Gasteiger partial charge in [0.1, 0.15) is 0 Å². The predicted molar refractivity (Wildman–Crippen MR) is 245 cm³/mol. The largest absolute Gasteiger partial charge is 0.460 e. The molecule has 5 heterocycles. The summed E-state index contributed by atoms with van der Waals surface area (Å²) in [6.07, 6.45) is 9.57. The van der Waals surface area contributed by atoms with Crippen molar-refractivity contribution in [2.45, 2.75) is 39.5 Å². The third-order valence-electron chi connectivity index (χ3n) is 11.6. The minimum atomic E-state index is -2.34. The zero-order valence-electron chi connectivity index (χ0n) is 37.3. The van der Waals surface area contributed by atoms with Crippen LogP contribution in [0.25, 0.3) is 83.4 Å². The van der Waals surface area contributed by atoms with E-state index in [1.807, 2.05) is 95.8 Å². The summed E-state index contributed by atoms with van der Waals surface area (Å²) in [7, 11) is 0. The normalized spacial score (nSPS) is 12.7. The summed E-state index contributed by atoms with van der Waals surface area (Å²) in [6.45, 7) is 4.21. The van der Waals surface area contributed by atoms with Crippen molar-refractivity contribution in [3.63, 3.8) is 0 Å². The van der Waals surface area contributed by atoms with E-state index >= 15 is 0 Å². The molecule has 0 atom stereocenters. The summed E-state index contributed by atoms with van der Waals surface area (Å²) >= 11 is 0. The summed E-state index contributed by atoms with van der Waals surface area (Å²) in [5.74, 6) is 1.30. The molecule has 0 radical (unpaired) electrons. The number of aryl methyl sites for hydroxylation is 1. The number of benzene rings is 6. The Balaban J connectivity index is 0.00000498. The van der Waals surface area contributed by atoms with Crippen LogP contribution in [-0.4, -0.2) is 19.1 Å². The van der Waals surface area contributed by atoms with Crippen LogP contribution in [0.3, 0.4) is 0 Å². The van der Waals surface area contributed by atoms with Crippen molar-refractivity contribution in [1.29, 1.82) is 0 Å². The molecule has 5 aromatic heterocycles. The first-order valence-corrected chi connectivity index (χ1v) is 20.4. The third-order valence-corrected chi connectivity index (χ3v) is 11.6. The van der Waals surface area contributed by atoms with Crippen molar-refractivity contribution in [1.82, 2.24) is 19.1 Å². The number of pyridine rings is 2. The summed E-state index contributed by atoms with van der Waals surface area (Å²) < 4.78 is 37.9. The van der Waals surface area contributed by atoms with E-state index in [-0.39, 0.29) is 32.0 Å². The van der Waals surface area contributed by atoms with Crippen LogP contribution in [0, 0.1) is 25.3 Å². The molecule has 0 aliphatic heterocycles. The van der Waals surface area contributed by atoms with Gasteiger partial charge in [0.05, 0.1) is 28.8 Å². The van der Waals surface area contributed by atoms with Crippen LogP contribution < -0.4 is 4.57 Å². The molecule has 0 spiro atoms. The molecule has 0 saturated heterocycles. The fourth-order valence-corrected chi connectivity index (χ4v) is 8.60. The van der Waals surface area contributed by atoms with Gasteiger partial charge in [-0.3, -0.25) is 14.1 Å². The maximum Gasteiger partial charge on any atom is 0.269 e. The number of aromatic nitrogens is 5. The van der Waals surface area contributed by atoms with Gasteiger partial charge in [-0.1, -0.05) is 154 Å². The van der Waals surface area contributed by atoms with Crippen LogP contribution in [0.4, 0.5) is 0 Å². The Morgan fingerprint density at radius 1 is 0.694 bits per heavy atom. The van der Waals surface area contributed by atoms with E-state index in [0.717, 1.165) is 94.3 Å². The Hall–Kier alpha value is -6.88. The number of hydrogen-bond donors (Lipinski definition) is 0. The maximum absolute atomic E-state index is 8.59. The van der Waals surface area contributed by atoms with Gasteiger partial charge >= 0.3 is 0 Å². The summed E-state index contributed by atoms with van der Waals surface area (Å²) in [5.41, 5.74) is 11.8. The molecule has 7 heteroatoms. The van der Waals surface area contributed by atoms with E-state index in [0.29, 0.717) is 12.2 Å². The van der Waals surface area contributed by atoms with Gasteiger partial charge in [-0.25, -0.2) is 16.6 Å². The summed E-state index contributed by atoms with van der Waals surface area (Å²) in [5, 5.41) is 3.17. The molecule has 11 rings (SSSR count). The van der Waals surface area contributed by atoms with Crippen LogP contribution >= 0.6 is 0 Å². The van der Waals surface area contributed by atoms with Gasteiger partial charge in [0, 0.05) is 42.3 Å². The van der Waals surface area contributed by atoms with Gasteiger partial charge in [0.15, 0.2) is 11.4 Å². The molecule has 0 amide bonds. The SMILES string of the molecule is [2H]C([2H])([2H])c1cc(-c2ccccc2)c(-[n+]2[c-]n(-c3[c-]c(Cc4[c-]c5c(cc4)c4ccccc4n5-c4nccc5ccoc45)ccn3)c3ccccc32)c(-c2cccc(C(C)(C)C)c2)c1.[Pt]. The third kappa shape index (κ3) is 6.76. The zero-order chi connectivity index (χ0) is 43.7. The molecule has 62 heavy (non-hydrogen) atoms. The number of fused-ring (bicyclic) bond motifs is 5. The predicted octanol–water partition coefficient (Wildman–Crippen LogP) is 12.5. The van der Waals surface area contributed by atoms with Crippen LogP contribution in [0.5, 0.6) is 0 Å². The molecular formula is C55H41N5OPt-2. The van der Waals surface area contributed by atoms with Gasteiger partial charge in [0.2, 0.25) is 0 Å². The van der Waals surface area contributed by atoms with E-state index in [4.69, 9.17) is 18.5 Å². The van der Waals surface area contributed by atoms with Crippen LogP contribution in [-0.2, 0) is 32.9 Å². The first-order valence-electron chi connectivity index (χ1n) is 21.9. The molecule has 6 aromatic carbocycles. The molecule has 0 aliphatic rings. The number of para-hydroxylation sites is 3. The van der Waals surface area contributed by atoms with Gasteiger partial charge in [-0.2, -0.15) is 29.8 Å². The number of hydrogen-bond acceptors (Lipinski definition) is 3. The molecule has 0 fully saturated rings. The number of furan rings is 1. The number of rotatable bonds is 7. The Morgan fingerprint density at radius 2 is 1.44 bits per heavy atom. The molecule has 304 valence electrons. The average molecular weight is 986 g/mol. The molecule has 0 saturated carbocycles. The first kappa shape index (κ1) is 35.8. The van der Waals surface area contributed by atoms with Crippen LogP contribution in [0.15, 0.2) is 169 Å². The van der Waals surface area contributed by atoms with E-state index in [9.17, 15) is 0 Å². The quantitative estimate of drug-likeness (QED) is 0.118. The van der Waals surface area contributed by atoms with Crippen molar-refractivity contribution in [2.75, 3.05) is 0 Å².